The normalized spacial score (nSPS) is 19.3. The van der Waals surface area contributed by atoms with E-state index in [1.807, 2.05) is 25.1 Å². The highest BCUT2D eigenvalue weighted by Crippen LogP contribution is 2.30. The Morgan fingerprint density at radius 3 is 3.06 bits per heavy atom. The summed E-state index contributed by atoms with van der Waals surface area (Å²) in [5, 5.41) is 4.64. The van der Waals surface area contributed by atoms with Crippen LogP contribution in [0.3, 0.4) is 0 Å². The third kappa shape index (κ3) is 2.13. The van der Waals surface area contributed by atoms with Crippen LogP contribution in [0.25, 0.3) is 11.5 Å². The molecule has 3 rings (SSSR count). The van der Waals surface area contributed by atoms with Crippen molar-refractivity contribution >= 4 is 11.6 Å². The zero-order chi connectivity index (χ0) is 12.5. The zero-order valence-corrected chi connectivity index (χ0v) is 10.8. The van der Waals surface area contributed by atoms with Gasteiger partial charge in [-0.3, -0.25) is 0 Å². The van der Waals surface area contributed by atoms with E-state index in [2.05, 4.69) is 10.1 Å². The molecule has 0 spiro atoms. The highest BCUT2D eigenvalue weighted by atomic mass is 35.5. The average molecular weight is 265 g/mol. The van der Waals surface area contributed by atoms with Gasteiger partial charge in [-0.05, 0) is 25.5 Å². The van der Waals surface area contributed by atoms with Crippen molar-refractivity contribution in [2.45, 2.75) is 19.3 Å². The first kappa shape index (κ1) is 11.7. The van der Waals surface area contributed by atoms with Crippen LogP contribution in [0.4, 0.5) is 0 Å². The van der Waals surface area contributed by atoms with Crippen LogP contribution in [-0.2, 0) is 4.74 Å². The summed E-state index contributed by atoms with van der Waals surface area (Å²) in [5.74, 6) is 1.43. The lowest BCUT2D eigenvalue weighted by atomic mass is 10.1. The molecule has 1 fully saturated rings. The van der Waals surface area contributed by atoms with Gasteiger partial charge in [0.2, 0.25) is 0 Å². The molecule has 0 bridgehead atoms. The fraction of sp³-hybridized carbons (Fsp3) is 0.385. The summed E-state index contributed by atoms with van der Waals surface area (Å²) in [5.41, 5.74) is 1.90. The van der Waals surface area contributed by atoms with Gasteiger partial charge in [-0.1, -0.05) is 28.4 Å². The Balaban J connectivity index is 1.94. The maximum absolute atomic E-state index is 6.15. The van der Waals surface area contributed by atoms with Crippen LogP contribution in [0.15, 0.2) is 22.7 Å². The average Bonchev–Trinajstić information content (AvgIpc) is 3.00. The molecule has 0 saturated carbocycles. The summed E-state index contributed by atoms with van der Waals surface area (Å²) in [6.07, 6.45) is 0.945. The molecule has 1 aromatic heterocycles. The molecule has 4 nitrogen and oxygen atoms in total. The number of ether oxygens (including phenoxy) is 1. The van der Waals surface area contributed by atoms with Gasteiger partial charge in [-0.2, -0.15) is 4.98 Å². The van der Waals surface area contributed by atoms with Gasteiger partial charge in [0, 0.05) is 12.5 Å². The van der Waals surface area contributed by atoms with Crippen molar-refractivity contribution in [1.29, 1.82) is 0 Å². The van der Waals surface area contributed by atoms with Gasteiger partial charge in [0.05, 0.1) is 17.2 Å². The number of aromatic nitrogens is 2. The van der Waals surface area contributed by atoms with Gasteiger partial charge in [0.25, 0.3) is 5.89 Å². The van der Waals surface area contributed by atoms with Crippen molar-refractivity contribution in [3.8, 4) is 11.5 Å². The molecule has 0 amide bonds. The maximum atomic E-state index is 6.15. The van der Waals surface area contributed by atoms with Crippen LogP contribution in [0, 0.1) is 6.92 Å². The molecule has 1 saturated heterocycles. The molecule has 0 unspecified atom stereocenters. The number of nitrogens with zero attached hydrogens (tertiary/aromatic N) is 2. The Morgan fingerprint density at radius 1 is 1.39 bits per heavy atom. The highest BCUT2D eigenvalue weighted by molar-refractivity contribution is 6.33. The quantitative estimate of drug-likeness (QED) is 0.836. The SMILES string of the molecule is Cc1ccc(Cl)c(-c2nc([C@H]3CCOC3)no2)c1. The molecule has 5 heteroatoms. The molecule has 18 heavy (non-hydrogen) atoms. The molecule has 2 aromatic rings. The van der Waals surface area contributed by atoms with Gasteiger partial charge in [0.15, 0.2) is 5.82 Å². The van der Waals surface area contributed by atoms with E-state index in [1.165, 1.54) is 0 Å². The Labute approximate surface area is 110 Å². The standard InChI is InChI=1S/C13H13ClN2O2/c1-8-2-3-11(14)10(6-8)13-15-12(16-18-13)9-4-5-17-7-9/h2-3,6,9H,4-5,7H2,1H3/t9-/m0/s1. The van der Waals surface area contributed by atoms with Crippen molar-refractivity contribution in [3.05, 3.63) is 34.6 Å². The summed E-state index contributed by atoms with van der Waals surface area (Å²) in [6, 6.07) is 5.74. The van der Waals surface area contributed by atoms with E-state index in [-0.39, 0.29) is 5.92 Å². The minimum absolute atomic E-state index is 0.242. The van der Waals surface area contributed by atoms with Gasteiger partial charge in [0.1, 0.15) is 0 Å². The molecule has 0 aliphatic carbocycles. The second kappa shape index (κ2) is 4.71. The third-order valence-electron chi connectivity index (χ3n) is 3.09. The topological polar surface area (TPSA) is 48.2 Å². The molecular formula is C13H13ClN2O2. The van der Waals surface area contributed by atoms with Gasteiger partial charge >= 0.3 is 0 Å². The van der Waals surface area contributed by atoms with E-state index >= 15 is 0 Å². The van der Waals surface area contributed by atoms with E-state index in [9.17, 15) is 0 Å². The Hall–Kier alpha value is -1.39. The number of hydrogen-bond donors (Lipinski definition) is 0. The van der Waals surface area contributed by atoms with Crippen molar-refractivity contribution in [2.75, 3.05) is 13.2 Å². The van der Waals surface area contributed by atoms with Crippen LogP contribution < -0.4 is 0 Å². The lowest BCUT2D eigenvalue weighted by Crippen LogP contribution is -1.99. The number of benzene rings is 1. The lowest BCUT2D eigenvalue weighted by molar-refractivity contribution is 0.192. The first-order chi connectivity index (χ1) is 8.74. The molecule has 1 aliphatic heterocycles. The number of aryl methyl sites for hydroxylation is 1. The van der Waals surface area contributed by atoms with Gasteiger partial charge in [-0.15, -0.1) is 0 Å². The van der Waals surface area contributed by atoms with Crippen molar-refractivity contribution in [2.24, 2.45) is 0 Å². The first-order valence-corrected chi connectivity index (χ1v) is 6.30. The Kier molecular flexibility index (Phi) is 3.06. The Morgan fingerprint density at radius 2 is 2.28 bits per heavy atom. The Bertz CT molecular complexity index is 562. The largest absolute Gasteiger partial charge is 0.381 e. The molecule has 1 atom stereocenters. The summed E-state index contributed by atoms with van der Waals surface area (Å²) < 4.78 is 10.6. The number of halogens is 1. The lowest BCUT2D eigenvalue weighted by Gasteiger charge is -2.00. The van der Waals surface area contributed by atoms with E-state index < -0.39 is 0 Å². The predicted molar refractivity (Wildman–Crippen MR) is 67.7 cm³/mol. The molecule has 0 N–H and O–H groups in total. The zero-order valence-electron chi connectivity index (χ0n) is 10.0. The van der Waals surface area contributed by atoms with Crippen molar-refractivity contribution in [1.82, 2.24) is 10.1 Å². The summed E-state index contributed by atoms with van der Waals surface area (Å²) in [7, 11) is 0. The van der Waals surface area contributed by atoms with E-state index in [1.54, 1.807) is 0 Å². The van der Waals surface area contributed by atoms with Crippen molar-refractivity contribution in [3.63, 3.8) is 0 Å². The summed E-state index contributed by atoms with van der Waals surface area (Å²) in [6.45, 7) is 3.43. The van der Waals surface area contributed by atoms with E-state index in [0.29, 0.717) is 23.3 Å². The van der Waals surface area contributed by atoms with Gasteiger partial charge in [-0.25, -0.2) is 0 Å². The monoisotopic (exact) mass is 264 g/mol. The summed E-state index contributed by atoms with van der Waals surface area (Å²) >= 11 is 6.15. The molecule has 0 radical (unpaired) electrons. The van der Waals surface area contributed by atoms with Gasteiger partial charge < -0.3 is 9.26 Å². The maximum Gasteiger partial charge on any atom is 0.259 e. The highest BCUT2D eigenvalue weighted by Gasteiger charge is 2.23. The fourth-order valence-corrected chi connectivity index (χ4v) is 2.25. The van der Waals surface area contributed by atoms with Crippen LogP contribution in [-0.4, -0.2) is 23.4 Å². The minimum atomic E-state index is 0.242. The number of rotatable bonds is 2. The molecule has 1 aromatic carbocycles. The molecular weight excluding hydrogens is 252 g/mol. The summed E-state index contributed by atoms with van der Waals surface area (Å²) in [4.78, 5) is 4.42. The van der Waals surface area contributed by atoms with Crippen LogP contribution >= 0.6 is 11.6 Å². The molecule has 1 aliphatic rings. The van der Waals surface area contributed by atoms with Crippen LogP contribution in [0.1, 0.15) is 23.7 Å². The fourth-order valence-electron chi connectivity index (χ4n) is 2.05. The third-order valence-corrected chi connectivity index (χ3v) is 3.42. The predicted octanol–water partition coefficient (Wildman–Crippen LogP) is 3.20. The first-order valence-electron chi connectivity index (χ1n) is 5.92. The van der Waals surface area contributed by atoms with E-state index in [4.69, 9.17) is 20.9 Å². The number of hydrogen-bond acceptors (Lipinski definition) is 4. The second-order valence-electron chi connectivity index (χ2n) is 4.50. The minimum Gasteiger partial charge on any atom is -0.381 e. The molecule has 94 valence electrons. The smallest absolute Gasteiger partial charge is 0.259 e. The van der Waals surface area contributed by atoms with Crippen LogP contribution in [0.5, 0.6) is 0 Å². The van der Waals surface area contributed by atoms with E-state index in [0.717, 1.165) is 24.2 Å². The molecule has 2 heterocycles. The van der Waals surface area contributed by atoms with Crippen LogP contribution in [0.2, 0.25) is 5.02 Å². The van der Waals surface area contributed by atoms with Crippen molar-refractivity contribution < 1.29 is 9.26 Å². The second-order valence-corrected chi connectivity index (χ2v) is 4.91.